The van der Waals surface area contributed by atoms with E-state index in [2.05, 4.69) is 15.2 Å². The number of benzene rings is 2. The van der Waals surface area contributed by atoms with E-state index in [1.54, 1.807) is 18.3 Å². The summed E-state index contributed by atoms with van der Waals surface area (Å²) in [5.41, 5.74) is 6.32. The lowest BCUT2D eigenvalue weighted by Crippen LogP contribution is -2.42. The van der Waals surface area contributed by atoms with Gasteiger partial charge in [-0.3, -0.25) is 10.2 Å². The average molecular weight is 369 g/mol. The number of para-hydroxylation sites is 1. The van der Waals surface area contributed by atoms with Crippen LogP contribution in [0.15, 0.2) is 53.6 Å². The Labute approximate surface area is 151 Å². The van der Waals surface area contributed by atoms with E-state index < -0.39 is 15.9 Å². The fraction of sp³-hybridized carbons (Fsp3) is 0.211. The Balaban J connectivity index is 1.43. The van der Waals surface area contributed by atoms with Gasteiger partial charge in [-0.15, -0.1) is 4.83 Å². The number of fused-ring (bicyclic) bond motifs is 2. The minimum absolute atomic E-state index is 0.0801. The van der Waals surface area contributed by atoms with Crippen LogP contribution in [0.25, 0.3) is 10.9 Å². The summed E-state index contributed by atoms with van der Waals surface area (Å²) >= 11 is 0. The number of aryl methyl sites for hydroxylation is 2. The van der Waals surface area contributed by atoms with Crippen molar-refractivity contribution in [1.82, 2.24) is 15.2 Å². The van der Waals surface area contributed by atoms with Crippen LogP contribution < -0.4 is 10.3 Å². The zero-order chi connectivity index (χ0) is 18.1. The summed E-state index contributed by atoms with van der Waals surface area (Å²) in [7, 11) is -3.79. The molecule has 4 rings (SSSR count). The molecular formula is C19H19N3O3S. The molecule has 1 amide bonds. The number of carbonyl (C=O) groups is 1. The van der Waals surface area contributed by atoms with Gasteiger partial charge in [0.25, 0.3) is 10.0 Å². The molecule has 3 N–H and O–H groups in total. The van der Waals surface area contributed by atoms with E-state index in [9.17, 15) is 13.2 Å². The highest BCUT2D eigenvalue weighted by atomic mass is 32.2. The Morgan fingerprint density at radius 3 is 2.77 bits per heavy atom. The molecule has 6 nitrogen and oxygen atoms in total. The Kier molecular flexibility index (Phi) is 4.26. The maximum atomic E-state index is 12.4. The number of nitrogens with one attached hydrogen (secondary N) is 3. The van der Waals surface area contributed by atoms with Crippen LogP contribution in [0.4, 0.5) is 0 Å². The van der Waals surface area contributed by atoms with E-state index in [1.165, 1.54) is 5.56 Å². The first-order chi connectivity index (χ1) is 12.5. The Hall–Kier alpha value is -2.64. The molecule has 1 aromatic heterocycles. The van der Waals surface area contributed by atoms with E-state index in [0.29, 0.717) is 0 Å². The number of aromatic amines is 1. The summed E-state index contributed by atoms with van der Waals surface area (Å²) in [6, 6.07) is 12.8. The normalized spacial score (nSPS) is 13.7. The van der Waals surface area contributed by atoms with Gasteiger partial charge in [-0.05, 0) is 54.2 Å². The summed E-state index contributed by atoms with van der Waals surface area (Å²) in [5.74, 6) is -0.417. The number of hydrogen-bond donors (Lipinski definition) is 3. The lowest BCUT2D eigenvalue weighted by Gasteiger charge is -2.09. The number of hydrogen-bond acceptors (Lipinski definition) is 3. The lowest BCUT2D eigenvalue weighted by molar-refractivity contribution is -0.120. The molecule has 0 aliphatic heterocycles. The quantitative estimate of drug-likeness (QED) is 0.602. The molecule has 0 spiro atoms. The van der Waals surface area contributed by atoms with Crippen molar-refractivity contribution in [2.45, 2.75) is 30.6 Å². The highest BCUT2D eigenvalue weighted by molar-refractivity contribution is 7.89. The van der Waals surface area contributed by atoms with Crippen molar-refractivity contribution in [3.05, 3.63) is 65.4 Å². The summed E-state index contributed by atoms with van der Waals surface area (Å²) < 4.78 is 24.8. The molecule has 0 radical (unpaired) electrons. The van der Waals surface area contributed by atoms with Crippen LogP contribution in [0.2, 0.25) is 0 Å². The number of aromatic nitrogens is 1. The first-order valence-electron chi connectivity index (χ1n) is 8.50. The highest BCUT2D eigenvalue weighted by Crippen LogP contribution is 2.24. The van der Waals surface area contributed by atoms with E-state index in [-0.39, 0.29) is 11.3 Å². The van der Waals surface area contributed by atoms with E-state index in [1.807, 2.05) is 30.3 Å². The van der Waals surface area contributed by atoms with Crippen molar-refractivity contribution >= 4 is 26.8 Å². The summed E-state index contributed by atoms with van der Waals surface area (Å²) in [4.78, 5) is 17.6. The molecule has 1 heterocycles. The third-order valence-corrected chi connectivity index (χ3v) is 5.98. The first-order valence-corrected chi connectivity index (χ1v) is 9.99. The third kappa shape index (κ3) is 3.23. The van der Waals surface area contributed by atoms with E-state index in [4.69, 9.17) is 0 Å². The summed E-state index contributed by atoms with van der Waals surface area (Å²) in [6.45, 7) is 0. The molecule has 26 heavy (non-hydrogen) atoms. The van der Waals surface area contributed by atoms with Crippen LogP contribution in [-0.2, 0) is 34.1 Å². The average Bonchev–Trinajstić information content (AvgIpc) is 3.27. The highest BCUT2D eigenvalue weighted by Gasteiger charge is 2.19. The Morgan fingerprint density at radius 2 is 1.88 bits per heavy atom. The second-order valence-corrected chi connectivity index (χ2v) is 8.16. The SMILES string of the molecule is O=C(Cc1c[nH]c2ccccc12)NNS(=O)(=O)c1ccc2c(c1)CCC2. The van der Waals surface area contributed by atoms with E-state index >= 15 is 0 Å². The van der Waals surface area contributed by atoms with Gasteiger partial charge < -0.3 is 4.98 Å². The van der Waals surface area contributed by atoms with Crippen molar-refractivity contribution in [2.75, 3.05) is 0 Å². The van der Waals surface area contributed by atoms with Crippen molar-refractivity contribution in [2.24, 2.45) is 0 Å². The van der Waals surface area contributed by atoms with Gasteiger partial charge in [-0.25, -0.2) is 8.42 Å². The Bertz CT molecular complexity index is 1090. The van der Waals surface area contributed by atoms with Crippen molar-refractivity contribution in [3.8, 4) is 0 Å². The number of sulfonamides is 1. The monoisotopic (exact) mass is 369 g/mol. The molecule has 0 bridgehead atoms. The first kappa shape index (κ1) is 16.8. The molecule has 1 aliphatic carbocycles. The standard InChI is InChI=1S/C19H19N3O3S/c23-19(11-15-12-20-18-7-2-1-6-17(15)18)21-22-26(24,25)16-9-8-13-4-3-5-14(13)10-16/h1-2,6-10,12,20,22H,3-5,11H2,(H,21,23). The maximum absolute atomic E-state index is 12.4. The molecular weight excluding hydrogens is 350 g/mol. The molecule has 7 heteroatoms. The number of amides is 1. The van der Waals surface area contributed by atoms with Crippen LogP contribution in [0.5, 0.6) is 0 Å². The molecule has 134 valence electrons. The maximum Gasteiger partial charge on any atom is 0.257 e. The van der Waals surface area contributed by atoms with Gasteiger partial charge in [0.05, 0.1) is 11.3 Å². The van der Waals surface area contributed by atoms with Crippen LogP contribution in [0.3, 0.4) is 0 Å². The molecule has 0 saturated heterocycles. The zero-order valence-electron chi connectivity index (χ0n) is 14.1. The number of hydrazine groups is 1. The molecule has 0 saturated carbocycles. The minimum Gasteiger partial charge on any atom is -0.361 e. The van der Waals surface area contributed by atoms with Crippen LogP contribution in [0, 0.1) is 0 Å². The van der Waals surface area contributed by atoms with Gasteiger partial charge in [-0.2, -0.15) is 0 Å². The van der Waals surface area contributed by atoms with Gasteiger partial charge in [0.15, 0.2) is 0 Å². The second kappa shape index (κ2) is 6.59. The third-order valence-electron chi connectivity index (χ3n) is 4.73. The second-order valence-electron chi connectivity index (χ2n) is 6.47. The van der Waals surface area contributed by atoms with Gasteiger partial charge in [0.2, 0.25) is 5.91 Å². The molecule has 1 aliphatic rings. The largest absolute Gasteiger partial charge is 0.361 e. The lowest BCUT2D eigenvalue weighted by atomic mass is 10.1. The zero-order valence-corrected chi connectivity index (χ0v) is 14.9. The smallest absolute Gasteiger partial charge is 0.257 e. The summed E-state index contributed by atoms with van der Waals surface area (Å²) in [5, 5.41) is 0.948. The number of rotatable bonds is 5. The predicted octanol–water partition coefficient (Wildman–Crippen LogP) is 2.21. The minimum atomic E-state index is -3.79. The van der Waals surface area contributed by atoms with Crippen molar-refractivity contribution in [1.29, 1.82) is 0 Å². The van der Waals surface area contributed by atoms with Crippen LogP contribution in [0.1, 0.15) is 23.1 Å². The number of carbonyl (C=O) groups excluding carboxylic acids is 1. The van der Waals surface area contributed by atoms with Gasteiger partial charge in [0.1, 0.15) is 0 Å². The van der Waals surface area contributed by atoms with Crippen LogP contribution in [-0.4, -0.2) is 19.3 Å². The summed E-state index contributed by atoms with van der Waals surface area (Å²) in [6.07, 6.45) is 4.78. The molecule has 0 atom stereocenters. The molecule has 2 aromatic carbocycles. The van der Waals surface area contributed by atoms with Gasteiger partial charge >= 0.3 is 0 Å². The van der Waals surface area contributed by atoms with Crippen molar-refractivity contribution in [3.63, 3.8) is 0 Å². The fourth-order valence-corrected chi connectivity index (χ4v) is 4.30. The van der Waals surface area contributed by atoms with E-state index in [0.717, 1.165) is 41.3 Å². The van der Waals surface area contributed by atoms with Gasteiger partial charge in [-0.1, -0.05) is 24.3 Å². The van der Waals surface area contributed by atoms with Crippen molar-refractivity contribution < 1.29 is 13.2 Å². The number of H-pyrrole nitrogens is 1. The van der Waals surface area contributed by atoms with Crippen LogP contribution >= 0.6 is 0 Å². The molecule has 0 unspecified atom stereocenters. The molecule has 0 fully saturated rings. The fourth-order valence-electron chi connectivity index (χ4n) is 3.39. The Morgan fingerprint density at radius 1 is 1.08 bits per heavy atom. The predicted molar refractivity (Wildman–Crippen MR) is 98.9 cm³/mol. The topological polar surface area (TPSA) is 91.1 Å². The molecule has 3 aromatic rings. The van der Waals surface area contributed by atoms with Gasteiger partial charge in [0, 0.05) is 17.1 Å².